The first-order valence-corrected chi connectivity index (χ1v) is 7.51. The van der Waals surface area contributed by atoms with Gasteiger partial charge in [-0.15, -0.1) is 24.8 Å². The average Bonchev–Trinajstić information content (AvgIpc) is 2.35. The summed E-state index contributed by atoms with van der Waals surface area (Å²) in [5, 5.41) is 14.5. The fraction of sp³-hybridized carbons (Fsp3) is 0.688. The van der Waals surface area contributed by atoms with Crippen LogP contribution in [-0.4, -0.2) is 21.2 Å². The molecule has 0 aromatic carbocycles. The molecule has 2 N–H and O–H groups in total. The first-order valence-electron chi connectivity index (χ1n) is 7.51. The molecule has 4 fully saturated rings. The Labute approximate surface area is 138 Å². The minimum absolute atomic E-state index is 0. The first-order chi connectivity index (χ1) is 9.15. The molecule has 1 aromatic rings. The number of nitrogens with zero attached hydrogens (tertiary/aromatic N) is 1. The Hall–Kier alpha value is -0.350. The topological polar surface area (TPSA) is 45.1 Å². The molecule has 0 amide bonds. The van der Waals surface area contributed by atoms with Gasteiger partial charge >= 0.3 is 0 Å². The predicted octanol–water partition coefficient (Wildman–Crippen LogP) is 3.10. The monoisotopic (exact) mass is 330 g/mol. The number of nitrogens with one attached hydrogen (secondary N) is 1. The van der Waals surface area contributed by atoms with E-state index in [4.69, 9.17) is 0 Å². The largest absolute Gasteiger partial charge is 0.390 e. The highest BCUT2D eigenvalue weighted by atomic mass is 35.5. The molecule has 0 saturated heterocycles. The number of halogens is 2. The van der Waals surface area contributed by atoms with E-state index in [1.165, 1.54) is 24.8 Å². The maximum Gasteiger partial charge on any atom is 0.0670 e. The molecule has 0 spiro atoms. The second-order valence-corrected chi connectivity index (χ2v) is 7.18. The van der Waals surface area contributed by atoms with Crippen LogP contribution in [-0.2, 0) is 6.54 Å². The molecule has 118 valence electrons. The standard InChI is InChI=1S/C16H22N2O.2ClH/c19-16-7-13-4-14(8-16)6-15(5-13,11-16)18-10-12-2-1-3-17-9-12;;/h1-3,9,13-14,18-19H,4-8,10-11H2;2*1H. The minimum atomic E-state index is -0.369. The van der Waals surface area contributed by atoms with E-state index in [-0.39, 0.29) is 36.0 Å². The summed E-state index contributed by atoms with van der Waals surface area (Å²) in [6.45, 7) is 0.878. The van der Waals surface area contributed by atoms with Crippen molar-refractivity contribution in [2.24, 2.45) is 11.8 Å². The molecular weight excluding hydrogens is 307 g/mol. The van der Waals surface area contributed by atoms with Gasteiger partial charge in [-0.1, -0.05) is 6.07 Å². The van der Waals surface area contributed by atoms with Gasteiger partial charge in [0.05, 0.1) is 5.60 Å². The molecule has 4 bridgehead atoms. The summed E-state index contributed by atoms with van der Waals surface area (Å²) in [5.41, 5.74) is 1.06. The average molecular weight is 331 g/mol. The van der Waals surface area contributed by atoms with Gasteiger partial charge in [-0.05, 0) is 62.0 Å². The van der Waals surface area contributed by atoms with Crippen molar-refractivity contribution in [1.29, 1.82) is 0 Å². The van der Waals surface area contributed by atoms with Crippen LogP contribution in [0.2, 0.25) is 0 Å². The van der Waals surface area contributed by atoms with Crippen LogP contribution >= 0.6 is 24.8 Å². The molecule has 2 unspecified atom stereocenters. The number of aromatic nitrogens is 1. The predicted molar refractivity (Wildman–Crippen MR) is 87.9 cm³/mol. The van der Waals surface area contributed by atoms with Gasteiger partial charge < -0.3 is 10.4 Å². The zero-order valence-electron chi connectivity index (χ0n) is 12.1. The van der Waals surface area contributed by atoms with E-state index in [0.29, 0.717) is 0 Å². The van der Waals surface area contributed by atoms with Crippen molar-refractivity contribution in [3.8, 4) is 0 Å². The lowest BCUT2D eigenvalue weighted by Gasteiger charge is -2.60. The normalized spacial score (nSPS) is 39.5. The summed E-state index contributed by atoms with van der Waals surface area (Å²) in [6, 6.07) is 4.11. The quantitative estimate of drug-likeness (QED) is 0.895. The van der Waals surface area contributed by atoms with Crippen molar-refractivity contribution in [1.82, 2.24) is 10.3 Å². The van der Waals surface area contributed by atoms with Gasteiger partial charge in [0.15, 0.2) is 0 Å². The summed E-state index contributed by atoms with van der Waals surface area (Å²) in [4.78, 5) is 4.17. The number of hydrogen-bond acceptors (Lipinski definition) is 3. The smallest absolute Gasteiger partial charge is 0.0670 e. The van der Waals surface area contributed by atoms with Crippen molar-refractivity contribution in [3.63, 3.8) is 0 Å². The lowest BCUT2D eigenvalue weighted by atomic mass is 9.51. The van der Waals surface area contributed by atoms with E-state index in [9.17, 15) is 5.11 Å². The van der Waals surface area contributed by atoms with Crippen molar-refractivity contribution in [2.75, 3.05) is 0 Å². The van der Waals surface area contributed by atoms with Gasteiger partial charge in [-0.25, -0.2) is 0 Å². The highest BCUT2D eigenvalue weighted by molar-refractivity contribution is 5.85. The van der Waals surface area contributed by atoms with Crippen LogP contribution in [0.25, 0.3) is 0 Å². The Balaban J connectivity index is 0.000000807. The summed E-state index contributed by atoms with van der Waals surface area (Å²) >= 11 is 0. The zero-order chi connectivity index (χ0) is 12.9. The minimum Gasteiger partial charge on any atom is -0.390 e. The van der Waals surface area contributed by atoms with Crippen LogP contribution in [0.4, 0.5) is 0 Å². The molecule has 4 saturated carbocycles. The van der Waals surface area contributed by atoms with E-state index >= 15 is 0 Å². The molecule has 1 heterocycles. The maximum absolute atomic E-state index is 10.7. The number of aliphatic hydroxyl groups is 1. The third-order valence-corrected chi connectivity index (χ3v) is 5.42. The van der Waals surface area contributed by atoms with E-state index in [2.05, 4.69) is 16.4 Å². The van der Waals surface area contributed by atoms with E-state index in [0.717, 1.165) is 37.6 Å². The first kappa shape index (κ1) is 17.0. The SMILES string of the molecule is Cl.Cl.OC12CC3CC(C1)CC(NCc1cccnc1)(C3)C2. The van der Waals surface area contributed by atoms with E-state index < -0.39 is 0 Å². The van der Waals surface area contributed by atoms with Crippen LogP contribution in [0.5, 0.6) is 0 Å². The summed E-state index contributed by atoms with van der Waals surface area (Å²) in [5.74, 6) is 1.49. The van der Waals surface area contributed by atoms with Gasteiger partial charge in [-0.3, -0.25) is 4.98 Å². The number of rotatable bonds is 3. The van der Waals surface area contributed by atoms with Gasteiger partial charge in [0, 0.05) is 24.5 Å². The summed E-state index contributed by atoms with van der Waals surface area (Å²) in [7, 11) is 0. The van der Waals surface area contributed by atoms with Crippen LogP contribution < -0.4 is 5.32 Å². The molecule has 4 aliphatic carbocycles. The Morgan fingerprint density at radius 2 is 1.90 bits per heavy atom. The Morgan fingerprint density at radius 1 is 1.19 bits per heavy atom. The Kier molecular flexibility index (Phi) is 4.89. The third kappa shape index (κ3) is 3.21. The van der Waals surface area contributed by atoms with Crippen molar-refractivity contribution >= 4 is 24.8 Å². The molecule has 1 aromatic heterocycles. The van der Waals surface area contributed by atoms with Crippen molar-refractivity contribution in [2.45, 2.75) is 56.2 Å². The van der Waals surface area contributed by atoms with Crippen LogP contribution in [0.1, 0.15) is 44.1 Å². The van der Waals surface area contributed by atoms with Gasteiger partial charge in [0.25, 0.3) is 0 Å². The number of pyridine rings is 1. The Morgan fingerprint density at radius 3 is 2.48 bits per heavy atom. The highest BCUT2D eigenvalue weighted by Gasteiger charge is 2.56. The summed E-state index contributed by atoms with van der Waals surface area (Å²) < 4.78 is 0. The lowest BCUT2D eigenvalue weighted by Crippen LogP contribution is -2.64. The van der Waals surface area contributed by atoms with E-state index in [1.54, 1.807) is 0 Å². The molecule has 5 rings (SSSR count). The van der Waals surface area contributed by atoms with Gasteiger partial charge in [0.1, 0.15) is 0 Å². The van der Waals surface area contributed by atoms with E-state index in [1.807, 2.05) is 18.5 Å². The molecule has 3 nitrogen and oxygen atoms in total. The molecule has 5 heteroatoms. The van der Waals surface area contributed by atoms with Crippen LogP contribution in [0.3, 0.4) is 0 Å². The molecule has 2 atom stereocenters. The fourth-order valence-corrected chi connectivity index (χ4v) is 5.21. The zero-order valence-corrected chi connectivity index (χ0v) is 13.8. The highest BCUT2D eigenvalue weighted by Crippen LogP contribution is 2.57. The van der Waals surface area contributed by atoms with Crippen LogP contribution in [0, 0.1) is 11.8 Å². The summed E-state index contributed by atoms with van der Waals surface area (Å²) in [6.07, 6.45) is 10.6. The third-order valence-electron chi connectivity index (χ3n) is 5.42. The molecular formula is C16H24Cl2N2O. The lowest BCUT2D eigenvalue weighted by molar-refractivity contribution is -0.142. The van der Waals surface area contributed by atoms with Gasteiger partial charge in [0.2, 0.25) is 0 Å². The van der Waals surface area contributed by atoms with Crippen molar-refractivity contribution < 1.29 is 5.11 Å². The maximum atomic E-state index is 10.7. The van der Waals surface area contributed by atoms with Gasteiger partial charge in [-0.2, -0.15) is 0 Å². The van der Waals surface area contributed by atoms with Crippen molar-refractivity contribution in [3.05, 3.63) is 30.1 Å². The molecule has 0 radical (unpaired) electrons. The second-order valence-electron chi connectivity index (χ2n) is 7.18. The number of hydrogen-bond donors (Lipinski definition) is 2. The Bertz CT molecular complexity index is 468. The molecule has 21 heavy (non-hydrogen) atoms. The second kappa shape index (κ2) is 6.04. The molecule has 0 aliphatic heterocycles. The fourth-order valence-electron chi connectivity index (χ4n) is 5.21. The van der Waals surface area contributed by atoms with Crippen LogP contribution in [0.15, 0.2) is 24.5 Å². The molecule has 4 aliphatic rings.